The van der Waals surface area contributed by atoms with Gasteiger partial charge in [-0.25, -0.2) is 0 Å². The molecular weight excluding hydrogens is 333 g/mol. The van der Waals surface area contributed by atoms with Gasteiger partial charge in [-0.3, -0.25) is 0 Å². The lowest BCUT2D eigenvalue weighted by atomic mass is 10.2. The summed E-state index contributed by atoms with van der Waals surface area (Å²) in [4.78, 5) is 0. The first-order valence-corrected chi connectivity index (χ1v) is 7.49. The minimum atomic E-state index is 0.369. The Labute approximate surface area is 138 Å². The molecule has 0 radical (unpaired) electrons. The molecule has 0 unspecified atom stereocenters. The third kappa shape index (κ3) is 4.10. The number of rotatable bonds is 5. The van der Waals surface area contributed by atoms with Crippen molar-refractivity contribution in [1.82, 2.24) is 0 Å². The maximum atomic E-state index is 6.08. The minimum Gasteiger partial charge on any atom is -0.491 e. The molecule has 2 N–H and O–H groups in total. The summed E-state index contributed by atoms with van der Waals surface area (Å²) in [5.41, 5.74) is 6.40. The predicted octanol–water partition coefficient (Wildman–Crippen LogP) is 5.81. The van der Waals surface area contributed by atoms with E-state index in [0.717, 1.165) is 6.42 Å². The summed E-state index contributed by atoms with van der Waals surface area (Å²) in [7, 11) is 0. The molecule has 0 aromatic heterocycles. The number of nitrogen functional groups attached to an aromatic ring is 1. The van der Waals surface area contributed by atoms with Crippen LogP contribution in [-0.2, 0) is 0 Å². The Morgan fingerprint density at radius 2 is 1.67 bits per heavy atom. The molecule has 0 aliphatic rings. The first kappa shape index (κ1) is 16.1. The van der Waals surface area contributed by atoms with Gasteiger partial charge in [-0.1, -0.05) is 41.7 Å². The summed E-state index contributed by atoms with van der Waals surface area (Å²) in [6, 6.07) is 8.25. The quantitative estimate of drug-likeness (QED) is 0.549. The van der Waals surface area contributed by atoms with Crippen LogP contribution in [-0.4, -0.2) is 6.61 Å². The maximum Gasteiger partial charge on any atom is 0.147 e. The SMILES string of the molecule is CCCOc1cc(Oc2cc(Cl)c(Cl)cc2Cl)ccc1N. The maximum absolute atomic E-state index is 6.08. The molecule has 112 valence electrons. The van der Waals surface area contributed by atoms with E-state index < -0.39 is 0 Å². The highest BCUT2D eigenvalue weighted by Crippen LogP contribution is 2.37. The van der Waals surface area contributed by atoms with E-state index in [0.29, 0.717) is 44.6 Å². The second kappa shape index (κ2) is 7.12. The Hall–Kier alpha value is -1.29. The predicted molar refractivity (Wildman–Crippen MR) is 88.2 cm³/mol. The van der Waals surface area contributed by atoms with Crippen LogP contribution in [0.2, 0.25) is 15.1 Å². The van der Waals surface area contributed by atoms with E-state index in [1.807, 2.05) is 6.92 Å². The molecular formula is C15H14Cl3NO2. The number of hydrogen-bond acceptors (Lipinski definition) is 3. The fourth-order valence-corrected chi connectivity index (χ4v) is 2.20. The first-order chi connectivity index (χ1) is 10.0. The molecule has 0 spiro atoms. The van der Waals surface area contributed by atoms with Crippen molar-refractivity contribution >= 4 is 40.5 Å². The number of ether oxygens (including phenoxy) is 2. The van der Waals surface area contributed by atoms with Crippen LogP contribution < -0.4 is 15.2 Å². The summed E-state index contributed by atoms with van der Waals surface area (Å²) in [5.74, 6) is 1.54. The van der Waals surface area contributed by atoms with Crippen molar-refractivity contribution < 1.29 is 9.47 Å². The Bertz CT molecular complexity index is 647. The van der Waals surface area contributed by atoms with Gasteiger partial charge in [-0.15, -0.1) is 0 Å². The van der Waals surface area contributed by atoms with Crippen LogP contribution >= 0.6 is 34.8 Å². The van der Waals surface area contributed by atoms with E-state index in [1.165, 1.54) is 6.07 Å². The number of halogens is 3. The molecule has 0 aliphatic carbocycles. The zero-order valence-electron chi connectivity index (χ0n) is 11.3. The monoisotopic (exact) mass is 345 g/mol. The highest BCUT2D eigenvalue weighted by molar-refractivity contribution is 6.43. The molecule has 0 bridgehead atoms. The molecule has 2 rings (SSSR count). The largest absolute Gasteiger partial charge is 0.491 e. The minimum absolute atomic E-state index is 0.369. The third-order valence-corrected chi connectivity index (χ3v) is 3.67. The Morgan fingerprint density at radius 1 is 0.952 bits per heavy atom. The summed E-state index contributed by atoms with van der Waals surface area (Å²) < 4.78 is 11.3. The van der Waals surface area contributed by atoms with Crippen molar-refractivity contribution in [3.63, 3.8) is 0 Å². The Kier molecular flexibility index (Phi) is 5.45. The fourth-order valence-electron chi connectivity index (χ4n) is 1.62. The van der Waals surface area contributed by atoms with Crippen LogP contribution in [0.25, 0.3) is 0 Å². The summed E-state index contributed by atoms with van der Waals surface area (Å²) in [6.07, 6.45) is 0.892. The van der Waals surface area contributed by atoms with Gasteiger partial charge in [0.05, 0.1) is 27.4 Å². The van der Waals surface area contributed by atoms with Gasteiger partial charge in [0.1, 0.15) is 17.2 Å². The first-order valence-electron chi connectivity index (χ1n) is 6.36. The average Bonchev–Trinajstić information content (AvgIpc) is 2.45. The molecule has 3 nitrogen and oxygen atoms in total. The number of hydrogen-bond donors (Lipinski definition) is 1. The lowest BCUT2D eigenvalue weighted by Crippen LogP contribution is -1.99. The number of anilines is 1. The second-order valence-corrected chi connectivity index (χ2v) is 5.57. The highest BCUT2D eigenvalue weighted by atomic mass is 35.5. The smallest absolute Gasteiger partial charge is 0.147 e. The molecule has 2 aromatic rings. The number of nitrogens with two attached hydrogens (primary N) is 1. The topological polar surface area (TPSA) is 44.5 Å². The van der Waals surface area contributed by atoms with E-state index in [4.69, 9.17) is 50.0 Å². The van der Waals surface area contributed by atoms with Crippen LogP contribution in [0, 0.1) is 0 Å². The zero-order valence-corrected chi connectivity index (χ0v) is 13.6. The normalized spacial score (nSPS) is 10.5. The molecule has 21 heavy (non-hydrogen) atoms. The van der Waals surface area contributed by atoms with Crippen molar-refractivity contribution in [3.8, 4) is 17.2 Å². The highest BCUT2D eigenvalue weighted by Gasteiger charge is 2.10. The van der Waals surface area contributed by atoms with E-state index in [9.17, 15) is 0 Å². The van der Waals surface area contributed by atoms with Gasteiger partial charge in [0.15, 0.2) is 0 Å². The zero-order chi connectivity index (χ0) is 15.4. The van der Waals surface area contributed by atoms with Crippen molar-refractivity contribution in [2.75, 3.05) is 12.3 Å². The third-order valence-electron chi connectivity index (χ3n) is 2.65. The standard InChI is InChI=1S/C15H14Cl3NO2/c1-2-5-20-15-6-9(3-4-13(15)19)21-14-8-11(17)10(16)7-12(14)18/h3-4,6-8H,2,5,19H2,1H3. The van der Waals surface area contributed by atoms with Gasteiger partial charge >= 0.3 is 0 Å². The van der Waals surface area contributed by atoms with E-state index in [2.05, 4.69) is 0 Å². The average molecular weight is 347 g/mol. The lowest BCUT2D eigenvalue weighted by molar-refractivity contribution is 0.317. The lowest BCUT2D eigenvalue weighted by Gasteiger charge is -2.12. The Morgan fingerprint density at radius 3 is 2.38 bits per heavy atom. The van der Waals surface area contributed by atoms with Gasteiger partial charge in [-0.2, -0.15) is 0 Å². The molecule has 0 atom stereocenters. The van der Waals surface area contributed by atoms with Gasteiger partial charge in [0, 0.05) is 12.1 Å². The van der Waals surface area contributed by atoms with Crippen LogP contribution in [0.3, 0.4) is 0 Å². The molecule has 0 saturated heterocycles. The van der Waals surface area contributed by atoms with E-state index in [1.54, 1.807) is 24.3 Å². The van der Waals surface area contributed by atoms with Crippen LogP contribution in [0.4, 0.5) is 5.69 Å². The fraction of sp³-hybridized carbons (Fsp3) is 0.200. The molecule has 0 heterocycles. The molecule has 0 amide bonds. The Balaban J connectivity index is 2.25. The van der Waals surface area contributed by atoms with Crippen LogP contribution in [0.5, 0.6) is 17.2 Å². The molecule has 2 aromatic carbocycles. The van der Waals surface area contributed by atoms with Crippen LogP contribution in [0.1, 0.15) is 13.3 Å². The molecule has 0 aliphatic heterocycles. The van der Waals surface area contributed by atoms with Crippen molar-refractivity contribution in [3.05, 3.63) is 45.4 Å². The second-order valence-electron chi connectivity index (χ2n) is 4.35. The summed E-state index contributed by atoms with van der Waals surface area (Å²) in [6.45, 7) is 2.60. The van der Waals surface area contributed by atoms with Gasteiger partial charge < -0.3 is 15.2 Å². The summed E-state index contributed by atoms with van der Waals surface area (Å²) >= 11 is 17.9. The van der Waals surface area contributed by atoms with Crippen molar-refractivity contribution in [1.29, 1.82) is 0 Å². The summed E-state index contributed by atoms with van der Waals surface area (Å²) in [5, 5.41) is 1.12. The molecule has 0 saturated carbocycles. The number of benzene rings is 2. The molecule has 0 fully saturated rings. The van der Waals surface area contributed by atoms with Gasteiger partial charge in [0.25, 0.3) is 0 Å². The van der Waals surface area contributed by atoms with E-state index >= 15 is 0 Å². The van der Waals surface area contributed by atoms with Crippen LogP contribution in [0.15, 0.2) is 30.3 Å². The van der Waals surface area contributed by atoms with Crippen molar-refractivity contribution in [2.24, 2.45) is 0 Å². The van der Waals surface area contributed by atoms with Gasteiger partial charge in [0.2, 0.25) is 0 Å². The van der Waals surface area contributed by atoms with Crippen molar-refractivity contribution in [2.45, 2.75) is 13.3 Å². The van der Waals surface area contributed by atoms with Gasteiger partial charge in [-0.05, 0) is 24.6 Å². The molecule has 6 heteroatoms. The van der Waals surface area contributed by atoms with E-state index in [-0.39, 0.29) is 0 Å².